The summed E-state index contributed by atoms with van der Waals surface area (Å²) in [4.78, 5) is 16.2. The zero-order chi connectivity index (χ0) is 17.7. The SMILES string of the molecule is Cc1ccc(C(=O)NCC(O)COc2ccc(F)c(F)c2)c(C)n1. The van der Waals surface area contributed by atoms with Crippen molar-refractivity contribution in [3.8, 4) is 5.75 Å². The molecular weight excluding hydrogens is 318 g/mol. The van der Waals surface area contributed by atoms with E-state index in [0.717, 1.165) is 17.8 Å². The number of halogens is 2. The van der Waals surface area contributed by atoms with Gasteiger partial charge in [0.25, 0.3) is 5.91 Å². The van der Waals surface area contributed by atoms with Crippen LogP contribution in [-0.4, -0.2) is 35.3 Å². The summed E-state index contributed by atoms with van der Waals surface area (Å²) < 4.78 is 31.0. The molecule has 128 valence electrons. The van der Waals surface area contributed by atoms with Crippen molar-refractivity contribution >= 4 is 5.91 Å². The van der Waals surface area contributed by atoms with Gasteiger partial charge in [-0.3, -0.25) is 9.78 Å². The van der Waals surface area contributed by atoms with E-state index in [9.17, 15) is 18.7 Å². The van der Waals surface area contributed by atoms with Gasteiger partial charge in [0.2, 0.25) is 0 Å². The smallest absolute Gasteiger partial charge is 0.253 e. The van der Waals surface area contributed by atoms with E-state index in [2.05, 4.69) is 10.3 Å². The lowest BCUT2D eigenvalue weighted by atomic mass is 10.1. The van der Waals surface area contributed by atoms with Crippen LogP contribution in [0.4, 0.5) is 8.78 Å². The Morgan fingerprint density at radius 1 is 1.25 bits per heavy atom. The van der Waals surface area contributed by atoms with Crippen molar-refractivity contribution in [2.75, 3.05) is 13.2 Å². The molecule has 0 aliphatic carbocycles. The van der Waals surface area contributed by atoms with Gasteiger partial charge in [-0.05, 0) is 38.1 Å². The Bertz CT molecular complexity index is 738. The maximum Gasteiger partial charge on any atom is 0.253 e. The molecule has 0 bridgehead atoms. The van der Waals surface area contributed by atoms with Gasteiger partial charge in [-0.2, -0.15) is 0 Å². The number of aryl methyl sites for hydroxylation is 2. The molecule has 2 rings (SSSR count). The molecule has 1 unspecified atom stereocenters. The van der Waals surface area contributed by atoms with E-state index in [1.54, 1.807) is 19.1 Å². The highest BCUT2D eigenvalue weighted by Crippen LogP contribution is 2.15. The van der Waals surface area contributed by atoms with E-state index in [4.69, 9.17) is 4.74 Å². The minimum Gasteiger partial charge on any atom is -0.491 e. The maximum atomic E-state index is 13.0. The Balaban J connectivity index is 1.83. The number of aliphatic hydroxyl groups excluding tert-OH is 1. The van der Waals surface area contributed by atoms with E-state index in [0.29, 0.717) is 11.3 Å². The lowest BCUT2D eigenvalue weighted by Crippen LogP contribution is -2.35. The van der Waals surface area contributed by atoms with Crippen molar-refractivity contribution in [1.82, 2.24) is 10.3 Å². The van der Waals surface area contributed by atoms with Crippen LogP contribution in [0, 0.1) is 25.5 Å². The summed E-state index contributed by atoms with van der Waals surface area (Å²) in [5, 5.41) is 12.4. The number of aliphatic hydroxyl groups is 1. The molecule has 1 heterocycles. The Hall–Kier alpha value is -2.54. The first kappa shape index (κ1) is 17.8. The molecule has 1 aromatic heterocycles. The lowest BCUT2D eigenvalue weighted by Gasteiger charge is -2.14. The van der Waals surface area contributed by atoms with Gasteiger partial charge in [0.15, 0.2) is 11.6 Å². The van der Waals surface area contributed by atoms with Crippen LogP contribution in [0.15, 0.2) is 30.3 Å². The second-order valence-electron chi connectivity index (χ2n) is 5.34. The molecule has 0 radical (unpaired) electrons. The molecular formula is C17H18F2N2O3. The maximum absolute atomic E-state index is 13.0. The number of ether oxygens (including phenoxy) is 1. The summed E-state index contributed by atoms with van der Waals surface area (Å²) in [5.74, 6) is -2.26. The Kier molecular flexibility index (Phi) is 5.81. The zero-order valence-electron chi connectivity index (χ0n) is 13.3. The molecule has 0 aliphatic rings. The molecule has 0 saturated carbocycles. The third-order valence-electron chi connectivity index (χ3n) is 3.30. The minimum absolute atomic E-state index is 0.0458. The van der Waals surface area contributed by atoms with Crippen LogP contribution in [-0.2, 0) is 0 Å². The molecule has 0 fully saturated rings. The number of carbonyl (C=O) groups excluding carboxylic acids is 1. The van der Waals surface area contributed by atoms with Gasteiger partial charge in [-0.25, -0.2) is 8.78 Å². The fourth-order valence-corrected chi connectivity index (χ4v) is 2.05. The summed E-state index contributed by atoms with van der Waals surface area (Å²) in [5.41, 5.74) is 1.83. The number of benzene rings is 1. The second-order valence-corrected chi connectivity index (χ2v) is 5.34. The summed E-state index contributed by atoms with van der Waals surface area (Å²) in [7, 11) is 0. The van der Waals surface area contributed by atoms with E-state index in [-0.39, 0.29) is 24.8 Å². The van der Waals surface area contributed by atoms with E-state index < -0.39 is 17.7 Å². The summed E-state index contributed by atoms with van der Waals surface area (Å²) in [6, 6.07) is 6.47. The third-order valence-corrected chi connectivity index (χ3v) is 3.30. The quantitative estimate of drug-likeness (QED) is 0.848. The van der Waals surface area contributed by atoms with Crippen LogP contribution in [0.1, 0.15) is 21.7 Å². The molecule has 1 atom stereocenters. The van der Waals surface area contributed by atoms with E-state index in [1.807, 2.05) is 6.92 Å². The number of hydrogen-bond acceptors (Lipinski definition) is 4. The lowest BCUT2D eigenvalue weighted by molar-refractivity contribution is 0.0842. The number of pyridine rings is 1. The van der Waals surface area contributed by atoms with Crippen molar-refractivity contribution in [1.29, 1.82) is 0 Å². The molecule has 0 saturated heterocycles. The largest absolute Gasteiger partial charge is 0.491 e. The minimum atomic E-state index is -1.03. The number of nitrogens with one attached hydrogen (secondary N) is 1. The van der Waals surface area contributed by atoms with Gasteiger partial charge < -0.3 is 15.2 Å². The molecule has 2 aromatic rings. The molecule has 24 heavy (non-hydrogen) atoms. The number of aromatic nitrogens is 1. The number of amides is 1. The fraction of sp³-hybridized carbons (Fsp3) is 0.294. The molecule has 2 N–H and O–H groups in total. The predicted octanol–water partition coefficient (Wildman–Crippen LogP) is 2.15. The highest BCUT2D eigenvalue weighted by atomic mass is 19.2. The zero-order valence-corrected chi connectivity index (χ0v) is 13.3. The Morgan fingerprint density at radius 2 is 2.00 bits per heavy atom. The topological polar surface area (TPSA) is 71.5 Å². The molecule has 0 aliphatic heterocycles. The first-order valence-electron chi connectivity index (χ1n) is 7.35. The first-order chi connectivity index (χ1) is 11.4. The third kappa shape index (κ3) is 4.73. The summed E-state index contributed by atoms with van der Waals surface area (Å²) in [6.45, 7) is 3.34. The van der Waals surface area contributed by atoms with Crippen molar-refractivity contribution < 1.29 is 23.4 Å². The summed E-state index contributed by atoms with van der Waals surface area (Å²) in [6.07, 6.45) is -0.999. The van der Waals surface area contributed by atoms with Crippen molar-refractivity contribution in [3.05, 3.63) is 58.9 Å². The number of nitrogens with zero attached hydrogens (tertiary/aromatic N) is 1. The van der Waals surface area contributed by atoms with Gasteiger partial charge in [0.05, 0.1) is 11.3 Å². The van der Waals surface area contributed by atoms with Gasteiger partial charge in [0.1, 0.15) is 18.5 Å². The van der Waals surface area contributed by atoms with Crippen molar-refractivity contribution in [3.63, 3.8) is 0 Å². The van der Waals surface area contributed by atoms with Crippen molar-refractivity contribution in [2.24, 2.45) is 0 Å². The monoisotopic (exact) mass is 336 g/mol. The Morgan fingerprint density at radius 3 is 2.67 bits per heavy atom. The van der Waals surface area contributed by atoms with Gasteiger partial charge in [-0.15, -0.1) is 0 Å². The molecule has 1 aromatic carbocycles. The van der Waals surface area contributed by atoms with Crippen LogP contribution in [0.3, 0.4) is 0 Å². The highest BCUT2D eigenvalue weighted by Gasteiger charge is 2.13. The number of hydrogen-bond donors (Lipinski definition) is 2. The van der Waals surface area contributed by atoms with Gasteiger partial charge in [0, 0.05) is 18.3 Å². The van der Waals surface area contributed by atoms with Crippen LogP contribution >= 0.6 is 0 Å². The average molecular weight is 336 g/mol. The summed E-state index contributed by atoms with van der Waals surface area (Å²) >= 11 is 0. The van der Waals surface area contributed by atoms with Crippen LogP contribution in [0.5, 0.6) is 5.75 Å². The van der Waals surface area contributed by atoms with Crippen LogP contribution in [0.2, 0.25) is 0 Å². The van der Waals surface area contributed by atoms with Gasteiger partial charge in [-0.1, -0.05) is 0 Å². The average Bonchev–Trinajstić information content (AvgIpc) is 2.53. The predicted molar refractivity (Wildman–Crippen MR) is 83.9 cm³/mol. The van der Waals surface area contributed by atoms with Gasteiger partial charge >= 0.3 is 0 Å². The van der Waals surface area contributed by atoms with Crippen LogP contribution < -0.4 is 10.1 Å². The standard InChI is InChI=1S/C17H18F2N2O3/c1-10-3-5-14(11(2)21-10)17(23)20-8-12(22)9-24-13-4-6-15(18)16(19)7-13/h3-7,12,22H,8-9H2,1-2H3,(H,20,23). The Labute approximate surface area is 138 Å². The normalized spacial score (nSPS) is 11.9. The number of carbonyl (C=O) groups is 1. The molecule has 7 heteroatoms. The first-order valence-corrected chi connectivity index (χ1v) is 7.35. The van der Waals surface area contributed by atoms with Crippen LogP contribution in [0.25, 0.3) is 0 Å². The molecule has 1 amide bonds. The second kappa shape index (κ2) is 7.83. The van der Waals surface area contributed by atoms with E-state index >= 15 is 0 Å². The van der Waals surface area contributed by atoms with E-state index in [1.165, 1.54) is 6.07 Å². The molecule has 0 spiro atoms. The fourth-order valence-electron chi connectivity index (χ4n) is 2.05. The highest BCUT2D eigenvalue weighted by molar-refractivity contribution is 5.95. The molecule has 5 nitrogen and oxygen atoms in total. The van der Waals surface area contributed by atoms with Crippen molar-refractivity contribution in [2.45, 2.75) is 20.0 Å². The number of rotatable bonds is 6.